The van der Waals surface area contributed by atoms with Crippen LogP contribution in [-0.4, -0.2) is 50.0 Å². The lowest BCUT2D eigenvalue weighted by atomic mass is 10.1. The average molecular weight is 520 g/mol. The van der Waals surface area contributed by atoms with Crippen molar-refractivity contribution in [1.29, 1.82) is 0 Å². The molecule has 0 heterocycles. The Kier molecular flexibility index (Phi) is 8.83. The summed E-state index contributed by atoms with van der Waals surface area (Å²) in [6.07, 6.45) is 5.08. The molecule has 2 amide bonds. The van der Waals surface area contributed by atoms with Gasteiger partial charge < -0.3 is 10.2 Å². The van der Waals surface area contributed by atoms with Crippen molar-refractivity contribution in [3.8, 4) is 0 Å². The monoisotopic (exact) mass is 519 g/mol. The molecular weight excluding hydrogens is 486 g/mol. The van der Waals surface area contributed by atoms with Gasteiger partial charge in [0.25, 0.3) is 0 Å². The number of aryl methyl sites for hydroxylation is 1. The number of anilines is 1. The lowest BCUT2D eigenvalue weighted by Gasteiger charge is -2.32. The summed E-state index contributed by atoms with van der Waals surface area (Å²) in [5.74, 6) is -0.713. The van der Waals surface area contributed by atoms with Gasteiger partial charge in [0.1, 0.15) is 12.6 Å². The van der Waals surface area contributed by atoms with E-state index in [1.165, 1.54) is 4.90 Å². The molecule has 9 heteroatoms. The van der Waals surface area contributed by atoms with Gasteiger partial charge in [0, 0.05) is 17.6 Å². The molecule has 1 aliphatic carbocycles. The Morgan fingerprint density at radius 3 is 2.40 bits per heavy atom. The van der Waals surface area contributed by atoms with Crippen molar-refractivity contribution in [2.24, 2.45) is 0 Å². The quantitative estimate of drug-likeness (QED) is 0.538. The van der Waals surface area contributed by atoms with E-state index in [1.54, 1.807) is 37.3 Å². The third kappa shape index (κ3) is 6.98. The van der Waals surface area contributed by atoms with Crippen LogP contribution in [0.15, 0.2) is 42.5 Å². The minimum atomic E-state index is -3.77. The van der Waals surface area contributed by atoms with E-state index in [-0.39, 0.29) is 18.5 Å². The molecule has 0 saturated heterocycles. The molecule has 1 aliphatic rings. The largest absolute Gasteiger partial charge is 0.352 e. The van der Waals surface area contributed by atoms with Crippen LogP contribution in [0.5, 0.6) is 0 Å². The second-order valence-electron chi connectivity index (χ2n) is 9.31. The first-order chi connectivity index (χ1) is 16.5. The van der Waals surface area contributed by atoms with E-state index in [9.17, 15) is 18.0 Å². The number of rotatable bonds is 9. The first-order valence-corrected chi connectivity index (χ1v) is 14.1. The van der Waals surface area contributed by atoms with Crippen LogP contribution in [0.2, 0.25) is 5.02 Å². The Morgan fingerprint density at radius 2 is 1.77 bits per heavy atom. The SMILES string of the molecule is Cc1cccc(N(CC(=O)N(Cc2cccc(Cl)c2)C(C)C(=O)NC2CCCC2)S(C)(=O)=O)c1C. The Hall–Kier alpha value is -2.58. The minimum absolute atomic E-state index is 0.107. The molecule has 0 aliphatic heterocycles. The number of halogens is 1. The third-order valence-corrected chi connectivity index (χ3v) is 8.00. The Labute approximate surface area is 213 Å². The van der Waals surface area contributed by atoms with Crippen molar-refractivity contribution in [1.82, 2.24) is 10.2 Å². The van der Waals surface area contributed by atoms with Gasteiger partial charge >= 0.3 is 0 Å². The second kappa shape index (κ2) is 11.4. The molecule has 35 heavy (non-hydrogen) atoms. The zero-order valence-electron chi connectivity index (χ0n) is 20.8. The van der Waals surface area contributed by atoms with Gasteiger partial charge in [-0.25, -0.2) is 8.42 Å². The summed E-state index contributed by atoms with van der Waals surface area (Å²) >= 11 is 6.15. The molecule has 1 unspecified atom stereocenters. The highest BCUT2D eigenvalue weighted by Gasteiger charge is 2.31. The highest BCUT2D eigenvalue weighted by Crippen LogP contribution is 2.26. The number of hydrogen-bond acceptors (Lipinski definition) is 4. The van der Waals surface area contributed by atoms with Crippen LogP contribution in [-0.2, 0) is 26.2 Å². The van der Waals surface area contributed by atoms with E-state index in [1.807, 2.05) is 26.0 Å². The van der Waals surface area contributed by atoms with Crippen LogP contribution in [0.1, 0.15) is 49.3 Å². The van der Waals surface area contributed by atoms with Crippen LogP contribution in [0.3, 0.4) is 0 Å². The fourth-order valence-electron chi connectivity index (χ4n) is 4.41. The highest BCUT2D eigenvalue weighted by atomic mass is 35.5. The molecule has 1 saturated carbocycles. The molecule has 1 fully saturated rings. The van der Waals surface area contributed by atoms with Crippen molar-refractivity contribution in [3.05, 3.63) is 64.2 Å². The lowest BCUT2D eigenvalue weighted by Crippen LogP contribution is -2.52. The number of amides is 2. The van der Waals surface area contributed by atoms with Crippen molar-refractivity contribution >= 4 is 39.1 Å². The fourth-order valence-corrected chi connectivity index (χ4v) is 5.52. The number of hydrogen-bond donors (Lipinski definition) is 1. The number of carbonyl (C=O) groups excluding carboxylic acids is 2. The highest BCUT2D eigenvalue weighted by molar-refractivity contribution is 7.92. The molecule has 2 aromatic rings. The summed E-state index contributed by atoms with van der Waals surface area (Å²) in [5, 5.41) is 3.57. The lowest BCUT2D eigenvalue weighted by molar-refractivity contribution is -0.139. The predicted molar refractivity (Wildman–Crippen MR) is 140 cm³/mol. The molecule has 1 atom stereocenters. The van der Waals surface area contributed by atoms with Gasteiger partial charge in [-0.3, -0.25) is 13.9 Å². The molecular formula is C26H34ClN3O4S. The third-order valence-electron chi connectivity index (χ3n) is 6.63. The zero-order valence-corrected chi connectivity index (χ0v) is 22.3. The molecule has 190 valence electrons. The van der Waals surface area contributed by atoms with E-state index in [4.69, 9.17) is 11.6 Å². The maximum absolute atomic E-state index is 13.6. The Bertz CT molecular complexity index is 1180. The molecule has 1 N–H and O–H groups in total. The van der Waals surface area contributed by atoms with Gasteiger partial charge in [-0.15, -0.1) is 0 Å². The molecule has 3 rings (SSSR count). The van der Waals surface area contributed by atoms with Crippen molar-refractivity contribution in [3.63, 3.8) is 0 Å². The molecule has 0 spiro atoms. The first kappa shape index (κ1) is 27.0. The van der Waals surface area contributed by atoms with Crippen LogP contribution < -0.4 is 9.62 Å². The summed E-state index contributed by atoms with van der Waals surface area (Å²) in [7, 11) is -3.77. The smallest absolute Gasteiger partial charge is 0.244 e. The van der Waals surface area contributed by atoms with Gasteiger partial charge in [-0.1, -0.05) is 48.7 Å². The van der Waals surface area contributed by atoms with Crippen LogP contribution in [0.4, 0.5) is 5.69 Å². The summed E-state index contributed by atoms with van der Waals surface area (Å²) in [4.78, 5) is 28.2. The molecule has 0 radical (unpaired) electrons. The Balaban J connectivity index is 1.91. The second-order valence-corrected chi connectivity index (χ2v) is 11.6. The summed E-state index contributed by atoms with van der Waals surface area (Å²) in [5.41, 5.74) is 2.90. The fraction of sp³-hybridized carbons (Fsp3) is 0.462. The van der Waals surface area contributed by atoms with E-state index in [2.05, 4.69) is 5.32 Å². The standard InChI is InChI=1S/C26H34ClN3O4S/c1-18-9-7-14-24(19(18)2)30(35(4,33)34)17-25(31)29(16-21-10-8-11-22(27)15-21)20(3)26(32)28-23-12-5-6-13-23/h7-11,14-15,20,23H,5-6,12-13,16-17H2,1-4H3,(H,28,32). The molecule has 0 bridgehead atoms. The average Bonchev–Trinajstić information content (AvgIpc) is 3.29. The molecule has 2 aromatic carbocycles. The number of sulfonamides is 1. The van der Waals surface area contributed by atoms with E-state index < -0.39 is 28.5 Å². The number of carbonyl (C=O) groups is 2. The zero-order chi connectivity index (χ0) is 25.8. The number of benzene rings is 2. The minimum Gasteiger partial charge on any atom is -0.352 e. The van der Waals surface area contributed by atoms with Crippen molar-refractivity contribution < 1.29 is 18.0 Å². The summed E-state index contributed by atoms with van der Waals surface area (Å²) in [6, 6.07) is 11.7. The topological polar surface area (TPSA) is 86.8 Å². The van der Waals surface area contributed by atoms with Crippen molar-refractivity contribution in [2.75, 3.05) is 17.1 Å². The maximum Gasteiger partial charge on any atom is 0.244 e. The normalized spacial score (nSPS) is 15.0. The van der Waals surface area contributed by atoms with Gasteiger partial charge in [-0.2, -0.15) is 0 Å². The van der Waals surface area contributed by atoms with E-state index in [0.717, 1.165) is 52.9 Å². The summed E-state index contributed by atoms with van der Waals surface area (Å²) in [6.45, 7) is 5.11. The first-order valence-electron chi connectivity index (χ1n) is 11.9. The van der Waals surface area contributed by atoms with Gasteiger partial charge in [0.2, 0.25) is 21.8 Å². The predicted octanol–water partition coefficient (Wildman–Crippen LogP) is 4.20. The molecule has 7 nitrogen and oxygen atoms in total. The van der Waals surface area contributed by atoms with Gasteiger partial charge in [0.05, 0.1) is 11.9 Å². The van der Waals surface area contributed by atoms with Crippen LogP contribution in [0.25, 0.3) is 0 Å². The number of nitrogens with one attached hydrogen (secondary N) is 1. The van der Waals surface area contributed by atoms with E-state index >= 15 is 0 Å². The number of nitrogens with zero attached hydrogens (tertiary/aromatic N) is 2. The maximum atomic E-state index is 13.6. The van der Waals surface area contributed by atoms with Crippen LogP contribution >= 0.6 is 11.6 Å². The summed E-state index contributed by atoms with van der Waals surface area (Å²) < 4.78 is 26.6. The van der Waals surface area contributed by atoms with Crippen molar-refractivity contribution in [2.45, 2.75) is 65.1 Å². The van der Waals surface area contributed by atoms with Gasteiger partial charge in [0.15, 0.2) is 0 Å². The molecule has 0 aromatic heterocycles. The van der Waals surface area contributed by atoms with Crippen LogP contribution in [0, 0.1) is 13.8 Å². The Morgan fingerprint density at radius 1 is 1.11 bits per heavy atom. The van der Waals surface area contributed by atoms with Gasteiger partial charge in [-0.05, 0) is 68.5 Å². The van der Waals surface area contributed by atoms with E-state index in [0.29, 0.717) is 10.7 Å².